The summed E-state index contributed by atoms with van der Waals surface area (Å²) in [4.78, 5) is 19.8. The summed E-state index contributed by atoms with van der Waals surface area (Å²) >= 11 is 12.1. The number of anilines is 1. The number of ether oxygens (including phenoxy) is 1. The first kappa shape index (κ1) is 20.8. The van der Waals surface area contributed by atoms with E-state index < -0.39 is 5.82 Å². The molecule has 148 valence electrons. The molecule has 0 saturated carbocycles. The molecule has 1 aromatic heterocycles. The van der Waals surface area contributed by atoms with Crippen molar-refractivity contribution in [2.45, 2.75) is 6.42 Å². The van der Waals surface area contributed by atoms with Gasteiger partial charge in [0.05, 0.1) is 29.7 Å². The van der Waals surface area contributed by atoms with E-state index in [2.05, 4.69) is 21.9 Å². The SMILES string of the molecule is C=CC(=O)Nc1cnc(-c2cccc(OCCc3c(Cl)ccc(F)c3Cl)c2)nc1. The highest BCUT2D eigenvalue weighted by Gasteiger charge is 2.11. The van der Waals surface area contributed by atoms with Gasteiger partial charge in [-0.2, -0.15) is 0 Å². The summed E-state index contributed by atoms with van der Waals surface area (Å²) < 4.78 is 19.3. The van der Waals surface area contributed by atoms with E-state index in [4.69, 9.17) is 27.9 Å². The zero-order chi connectivity index (χ0) is 20.8. The summed E-state index contributed by atoms with van der Waals surface area (Å²) in [5.74, 6) is 0.218. The molecule has 0 radical (unpaired) electrons. The highest BCUT2D eigenvalue weighted by atomic mass is 35.5. The second-order valence-corrected chi connectivity index (χ2v) is 6.72. The maximum Gasteiger partial charge on any atom is 0.247 e. The number of nitrogens with one attached hydrogen (secondary N) is 1. The van der Waals surface area contributed by atoms with Crippen LogP contribution < -0.4 is 10.1 Å². The van der Waals surface area contributed by atoms with Crippen LogP contribution in [0.4, 0.5) is 10.1 Å². The summed E-state index contributed by atoms with van der Waals surface area (Å²) in [6.07, 6.45) is 4.53. The van der Waals surface area contributed by atoms with Gasteiger partial charge in [0.25, 0.3) is 0 Å². The smallest absolute Gasteiger partial charge is 0.247 e. The Morgan fingerprint density at radius 1 is 1.21 bits per heavy atom. The molecule has 2 aromatic carbocycles. The predicted octanol–water partition coefficient (Wildman–Crippen LogP) is 5.34. The number of carbonyl (C=O) groups is 1. The molecule has 1 heterocycles. The van der Waals surface area contributed by atoms with Crippen molar-refractivity contribution in [3.63, 3.8) is 0 Å². The summed E-state index contributed by atoms with van der Waals surface area (Å²) in [6.45, 7) is 3.65. The van der Waals surface area contributed by atoms with Crippen molar-refractivity contribution in [2.24, 2.45) is 0 Å². The lowest BCUT2D eigenvalue weighted by atomic mass is 10.1. The van der Waals surface area contributed by atoms with Crippen LogP contribution in [0.5, 0.6) is 5.75 Å². The molecule has 29 heavy (non-hydrogen) atoms. The van der Waals surface area contributed by atoms with E-state index in [1.165, 1.54) is 30.6 Å². The van der Waals surface area contributed by atoms with Gasteiger partial charge < -0.3 is 10.1 Å². The van der Waals surface area contributed by atoms with Gasteiger partial charge in [-0.05, 0) is 35.9 Å². The maximum absolute atomic E-state index is 13.6. The summed E-state index contributed by atoms with van der Waals surface area (Å²) in [7, 11) is 0. The average Bonchev–Trinajstić information content (AvgIpc) is 2.74. The lowest BCUT2D eigenvalue weighted by molar-refractivity contribution is -0.111. The number of aromatic nitrogens is 2. The number of rotatable bonds is 7. The largest absolute Gasteiger partial charge is 0.493 e. The zero-order valence-electron chi connectivity index (χ0n) is 15.2. The summed E-state index contributed by atoms with van der Waals surface area (Å²) in [5, 5.41) is 2.98. The van der Waals surface area contributed by atoms with E-state index in [9.17, 15) is 9.18 Å². The van der Waals surface area contributed by atoms with Gasteiger partial charge in [-0.25, -0.2) is 14.4 Å². The minimum Gasteiger partial charge on any atom is -0.493 e. The topological polar surface area (TPSA) is 64.1 Å². The molecule has 0 unspecified atom stereocenters. The van der Waals surface area contributed by atoms with Crippen LogP contribution in [0.3, 0.4) is 0 Å². The highest BCUT2D eigenvalue weighted by Crippen LogP contribution is 2.28. The van der Waals surface area contributed by atoms with Crippen molar-refractivity contribution in [2.75, 3.05) is 11.9 Å². The molecule has 0 saturated heterocycles. The van der Waals surface area contributed by atoms with Crippen LogP contribution in [0.25, 0.3) is 11.4 Å². The second kappa shape index (κ2) is 9.49. The van der Waals surface area contributed by atoms with Gasteiger partial charge in [-0.1, -0.05) is 41.9 Å². The van der Waals surface area contributed by atoms with Crippen LogP contribution in [-0.2, 0) is 11.2 Å². The van der Waals surface area contributed by atoms with Gasteiger partial charge in [-0.3, -0.25) is 4.79 Å². The number of amides is 1. The van der Waals surface area contributed by atoms with E-state index in [0.29, 0.717) is 34.3 Å². The zero-order valence-corrected chi connectivity index (χ0v) is 16.7. The third-order valence-corrected chi connectivity index (χ3v) is 4.72. The molecule has 0 fully saturated rings. The van der Waals surface area contributed by atoms with Gasteiger partial charge in [-0.15, -0.1) is 0 Å². The Labute approximate surface area is 177 Å². The first-order chi connectivity index (χ1) is 14.0. The van der Waals surface area contributed by atoms with Gasteiger partial charge in [0.1, 0.15) is 11.6 Å². The van der Waals surface area contributed by atoms with Crippen LogP contribution in [-0.4, -0.2) is 22.5 Å². The molecule has 0 spiro atoms. The molecule has 0 aliphatic rings. The number of carbonyl (C=O) groups excluding carboxylic acids is 1. The molecular weight excluding hydrogens is 416 g/mol. The van der Waals surface area contributed by atoms with Crippen LogP contribution in [0.15, 0.2) is 61.4 Å². The Morgan fingerprint density at radius 2 is 1.97 bits per heavy atom. The molecule has 5 nitrogen and oxygen atoms in total. The third kappa shape index (κ3) is 5.31. The van der Waals surface area contributed by atoms with Gasteiger partial charge >= 0.3 is 0 Å². The van der Waals surface area contributed by atoms with E-state index >= 15 is 0 Å². The van der Waals surface area contributed by atoms with Gasteiger partial charge in [0.15, 0.2) is 5.82 Å². The fourth-order valence-corrected chi connectivity index (χ4v) is 3.09. The molecule has 3 rings (SSSR count). The maximum atomic E-state index is 13.6. The Bertz CT molecular complexity index is 1040. The standard InChI is InChI=1S/C21H16Cl2FN3O2/c1-2-19(28)27-14-11-25-21(26-12-14)13-4-3-5-15(10-13)29-9-8-16-17(22)6-7-18(24)20(16)23/h2-7,10-12H,1,8-9H2,(H,27,28). The van der Waals surface area contributed by atoms with Crippen LogP contribution >= 0.6 is 23.2 Å². The number of halogens is 3. The van der Waals surface area contributed by atoms with Crippen LogP contribution in [0.1, 0.15) is 5.56 Å². The Balaban J connectivity index is 1.66. The molecule has 0 atom stereocenters. The highest BCUT2D eigenvalue weighted by molar-refractivity contribution is 6.36. The second-order valence-electron chi connectivity index (χ2n) is 5.94. The quantitative estimate of drug-likeness (QED) is 0.405. The lowest BCUT2D eigenvalue weighted by Crippen LogP contribution is -2.08. The van der Waals surface area contributed by atoms with E-state index in [1.807, 2.05) is 12.1 Å². The molecule has 0 aliphatic carbocycles. The number of nitrogens with zero attached hydrogens (tertiary/aromatic N) is 2. The molecule has 3 aromatic rings. The van der Waals surface area contributed by atoms with Crippen molar-refractivity contribution in [3.05, 3.63) is 82.9 Å². The van der Waals surface area contributed by atoms with Crippen molar-refractivity contribution in [3.8, 4) is 17.1 Å². The first-order valence-corrected chi connectivity index (χ1v) is 9.34. The molecule has 0 aliphatic heterocycles. The van der Waals surface area contributed by atoms with Crippen molar-refractivity contribution >= 4 is 34.8 Å². The molecular formula is C21H16Cl2FN3O2. The fourth-order valence-electron chi connectivity index (χ4n) is 2.53. The van der Waals surface area contributed by atoms with E-state index in [-0.39, 0.29) is 17.5 Å². The third-order valence-electron chi connectivity index (χ3n) is 3.96. The monoisotopic (exact) mass is 431 g/mol. The Kier molecular flexibility index (Phi) is 6.80. The Hall–Kier alpha value is -2.96. The van der Waals surface area contributed by atoms with E-state index in [0.717, 1.165) is 5.56 Å². The number of hydrogen-bond donors (Lipinski definition) is 1. The lowest BCUT2D eigenvalue weighted by Gasteiger charge is -2.10. The number of hydrogen-bond acceptors (Lipinski definition) is 4. The minimum atomic E-state index is -0.516. The van der Waals surface area contributed by atoms with E-state index in [1.54, 1.807) is 12.1 Å². The summed E-state index contributed by atoms with van der Waals surface area (Å²) in [5.41, 5.74) is 1.71. The molecule has 1 N–H and O–H groups in total. The molecule has 8 heteroatoms. The normalized spacial score (nSPS) is 10.4. The first-order valence-electron chi connectivity index (χ1n) is 8.59. The van der Waals surface area contributed by atoms with Gasteiger partial charge in [0, 0.05) is 17.0 Å². The number of benzene rings is 2. The predicted molar refractivity (Wildman–Crippen MR) is 112 cm³/mol. The van der Waals surface area contributed by atoms with Crippen molar-refractivity contribution < 1.29 is 13.9 Å². The fraction of sp³-hybridized carbons (Fsp3) is 0.0952. The van der Waals surface area contributed by atoms with Crippen LogP contribution in [0.2, 0.25) is 10.0 Å². The molecule has 1 amide bonds. The van der Waals surface area contributed by atoms with Crippen molar-refractivity contribution in [1.29, 1.82) is 0 Å². The Morgan fingerprint density at radius 3 is 2.69 bits per heavy atom. The summed E-state index contributed by atoms with van der Waals surface area (Å²) in [6, 6.07) is 9.92. The average molecular weight is 432 g/mol. The van der Waals surface area contributed by atoms with Gasteiger partial charge in [0.2, 0.25) is 5.91 Å². The molecule has 0 bridgehead atoms. The van der Waals surface area contributed by atoms with Crippen LogP contribution in [0, 0.1) is 5.82 Å². The minimum absolute atomic E-state index is 0.00638. The van der Waals surface area contributed by atoms with Crippen molar-refractivity contribution in [1.82, 2.24) is 9.97 Å².